The first kappa shape index (κ1) is 11.7. The summed E-state index contributed by atoms with van der Waals surface area (Å²) in [6.45, 7) is 2.15. The highest BCUT2D eigenvalue weighted by Gasteiger charge is 1.98. The zero-order chi connectivity index (χ0) is 10.9. The third kappa shape index (κ3) is 4.58. The maximum Gasteiger partial charge on any atom is 0.0964 e. The van der Waals surface area contributed by atoms with Crippen molar-refractivity contribution in [1.82, 2.24) is 20.3 Å². The van der Waals surface area contributed by atoms with Gasteiger partial charge in [-0.3, -0.25) is 0 Å². The summed E-state index contributed by atoms with van der Waals surface area (Å²) in [5.74, 6) is 2.59. The van der Waals surface area contributed by atoms with E-state index in [0.717, 1.165) is 25.1 Å². The molecule has 0 unspecified atom stereocenters. The van der Waals surface area contributed by atoms with Gasteiger partial charge in [-0.15, -0.1) is 17.4 Å². The predicted molar refractivity (Wildman–Crippen MR) is 56.9 cm³/mol. The number of hydrogen-bond acceptors (Lipinski definition) is 4. The zero-order valence-corrected chi connectivity index (χ0v) is 8.69. The summed E-state index contributed by atoms with van der Waals surface area (Å²) in [7, 11) is 0. The molecule has 1 rings (SSSR count). The Morgan fingerprint density at radius 3 is 3.20 bits per heavy atom. The molecule has 1 aromatic heterocycles. The van der Waals surface area contributed by atoms with Crippen LogP contribution in [-0.2, 0) is 13.1 Å². The van der Waals surface area contributed by atoms with Crippen LogP contribution in [-0.4, -0.2) is 33.3 Å². The average Bonchev–Trinajstić information content (AvgIpc) is 2.66. The lowest BCUT2D eigenvalue weighted by Gasteiger charge is -1.98. The summed E-state index contributed by atoms with van der Waals surface area (Å²) in [5, 5.41) is 19.7. The Morgan fingerprint density at radius 1 is 1.60 bits per heavy atom. The molecule has 1 heterocycles. The van der Waals surface area contributed by atoms with Crippen LogP contribution in [0.15, 0.2) is 6.20 Å². The molecular formula is C10H16N4O. The molecule has 0 atom stereocenters. The van der Waals surface area contributed by atoms with Gasteiger partial charge < -0.3 is 10.4 Å². The minimum absolute atomic E-state index is 0.0817. The second-order valence-corrected chi connectivity index (χ2v) is 3.18. The van der Waals surface area contributed by atoms with Crippen molar-refractivity contribution < 1.29 is 5.11 Å². The van der Waals surface area contributed by atoms with Crippen LogP contribution in [0.4, 0.5) is 0 Å². The molecule has 0 bridgehead atoms. The van der Waals surface area contributed by atoms with Gasteiger partial charge in [0.1, 0.15) is 0 Å². The molecule has 0 spiro atoms. The molecular weight excluding hydrogens is 192 g/mol. The van der Waals surface area contributed by atoms with E-state index in [1.807, 2.05) is 6.20 Å². The molecule has 0 fully saturated rings. The standard InChI is InChI=1S/C10H16N4O/c1-2-3-4-5-11-8-10-9-14(6-7-15)13-12-10/h1,9,11,15H,3-8H2. The first-order chi connectivity index (χ1) is 7.36. The molecule has 0 saturated carbocycles. The number of aliphatic hydroxyl groups is 1. The smallest absolute Gasteiger partial charge is 0.0964 e. The van der Waals surface area contributed by atoms with Crippen LogP contribution in [0, 0.1) is 12.3 Å². The molecule has 1 aromatic rings. The van der Waals surface area contributed by atoms with Crippen molar-refractivity contribution in [3.8, 4) is 12.3 Å². The Hall–Kier alpha value is -1.38. The third-order valence-corrected chi connectivity index (χ3v) is 1.90. The SMILES string of the molecule is C#CCCCNCc1cn(CCO)nn1. The molecule has 0 saturated heterocycles. The Morgan fingerprint density at radius 2 is 2.47 bits per heavy atom. The summed E-state index contributed by atoms with van der Waals surface area (Å²) >= 11 is 0. The number of unbranched alkanes of at least 4 members (excludes halogenated alkanes) is 1. The number of aliphatic hydroxyl groups excluding tert-OH is 1. The highest BCUT2D eigenvalue weighted by Crippen LogP contribution is 1.92. The van der Waals surface area contributed by atoms with Crippen molar-refractivity contribution in [2.75, 3.05) is 13.2 Å². The highest BCUT2D eigenvalue weighted by molar-refractivity contribution is 4.91. The lowest BCUT2D eigenvalue weighted by molar-refractivity contribution is 0.268. The molecule has 2 N–H and O–H groups in total. The average molecular weight is 208 g/mol. The Balaban J connectivity index is 2.17. The van der Waals surface area contributed by atoms with Gasteiger partial charge in [0.05, 0.1) is 18.8 Å². The van der Waals surface area contributed by atoms with Gasteiger partial charge in [-0.05, 0) is 13.0 Å². The van der Waals surface area contributed by atoms with Crippen LogP contribution in [0.1, 0.15) is 18.5 Å². The lowest BCUT2D eigenvalue weighted by Crippen LogP contribution is -2.14. The maximum atomic E-state index is 8.68. The summed E-state index contributed by atoms with van der Waals surface area (Å²) in [6.07, 6.45) is 8.72. The fourth-order valence-electron chi connectivity index (χ4n) is 1.16. The predicted octanol–water partition coefficient (Wildman–Crippen LogP) is -0.227. The second-order valence-electron chi connectivity index (χ2n) is 3.18. The second kappa shape index (κ2) is 6.98. The molecule has 0 amide bonds. The number of terminal acetylenes is 1. The molecule has 0 aliphatic heterocycles. The summed E-state index contributed by atoms with van der Waals surface area (Å²) < 4.78 is 1.62. The van der Waals surface area contributed by atoms with E-state index < -0.39 is 0 Å². The van der Waals surface area contributed by atoms with Gasteiger partial charge in [0.25, 0.3) is 0 Å². The van der Waals surface area contributed by atoms with E-state index in [1.54, 1.807) is 4.68 Å². The van der Waals surface area contributed by atoms with Crippen LogP contribution < -0.4 is 5.32 Å². The number of hydrogen-bond donors (Lipinski definition) is 2. The van der Waals surface area contributed by atoms with Crippen molar-refractivity contribution in [2.24, 2.45) is 0 Å². The zero-order valence-electron chi connectivity index (χ0n) is 8.69. The maximum absolute atomic E-state index is 8.68. The molecule has 5 nitrogen and oxygen atoms in total. The number of aromatic nitrogens is 3. The molecule has 0 aliphatic carbocycles. The minimum atomic E-state index is 0.0817. The van der Waals surface area contributed by atoms with Crippen molar-refractivity contribution >= 4 is 0 Å². The monoisotopic (exact) mass is 208 g/mol. The van der Waals surface area contributed by atoms with Crippen LogP contribution >= 0.6 is 0 Å². The molecule has 82 valence electrons. The first-order valence-electron chi connectivity index (χ1n) is 5.01. The summed E-state index contributed by atoms with van der Waals surface area (Å²) in [6, 6.07) is 0. The molecule has 0 radical (unpaired) electrons. The van der Waals surface area contributed by atoms with Crippen LogP contribution in [0.25, 0.3) is 0 Å². The van der Waals surface area contributed by atoms with Gasteiger partial charge in [-0.1, -0.05) is 5.21 Å². The van der Waals surface area contributed by atoms with Crippen LogP contribution in [0.2, 0.25) is 0 Å². The van der Waals surface area contributed by atoms with E-state index in [9.17, 15) is 0 Å². The van der Waals surface area contributed by atoms with Gasteiger partial charge in [-0.2, -0.15) is 0 Å². The van der Waals surface area contributed by atoms with Crippen LogP contribution in [0.5, 0.6) is 0 Å². The van der Waals surface area contributed by atoms with E-state index >= 15 is 0 Å². The Labute approximate surface area is 89.5 Å². The molecule has 5 heteroatoms. The number of rotatable bonds is 7. The third-order valence-electron chi connectivity index (χ3n) is 1.90. The number of nitrogens with zero attached hydrogens (tertiary/aromatic N) is 3. The van der Waals surface area contributed by atoms with E-state index in [2.05, 4.69) is 21.5 Å². The fraction of sp³-hybridized carbons (Fsp3) is 0.600. The van der Waals surface area contributed by atoms with Crippen molar-refractivity contribution in [3.05, 3.63) is 11.9 Å². The van der Waals surface area contributed by atoms with Gasteiger partial charge in [0.15, 0.2) is 0 Å². The summed E-state index contributed by atoms with van der Waals surface area (Å²) in [5.41, 5.74) is 0.879. The molecule has 15 heavy (non-hydrogen) atoms. The summed E-state index contributed by atoms with van der Waals surface area (Å²) in [4.78, 5) is 0. The Bertz CT molecular complexity index is 315. The quantitative estimate of drug-likeness (QED) is 0.480. The van der Waals surface area contributed by atoms with Crippen molar-refractivity contribution in [3.63, 3.8) is 0 Å². The van der Waals surface area contributed by atoms with E-state index in [-0.39, 0.29) is 6.61 Å². The van der Waals surface area contributed by atoms with Gasteiger partial charge in [-0.25, -0.2) is 4.68 Å². The van der Waals surface area contributed by atoms with Gasteiger partial charge in [0, 0.05) is 19.2 Å². The minimum Gasteiger partial charge on any atom is -0.394 e. The van der Waals surface area contributed by atoms with Crippen LogP contribution in [0.3, 0.4) is 0 Å². The highest BCUT2D eigenvalue weighted by atomic mass is 16.3. The largest absolute Gasteiger partial charge is 0.394 e. The molecule has 0 aliphatic rings. The van der Waals surface area contributed by atoms with Crippen molar-refractivity contribution in [1.29, 1.82) is 0 Å². The first-order valence-corrected chi connectivity index (χ1v) is 5.01. The van der Waals surface area contributed by atoms with Gasteiger partial charge >= 0.3 is 0 Å². The fourth-order valence-corrected chi connectivity index (χ4v) is 1.16. The lowest BCUT2D eigenvalue weighted by atomic mass is 10.3. The number of nitrogens with one attached hydrogen (secondary N) is 1. The molecule has 0 aromatic carbocycles. The van der Waals surface area contributed by atoms with E-state index in [1.165, 1.54) is 0 Å². The van der Waals surface area contributed by atoms with E-state index in [0.29, 0.717) is 13.1 Å². The van der Waals surface area contributed by atoms with E-state index in [4.69, 9.17) is 11.5 Å². The normalized spacial score (nSPS) is 10.1. The topological polar surface area (TPSA) is 63.0 Å². The van der Waals surface area contributed by atoms with Crippen molar-refractivity contribution in [2.45, 2.75) is 25.9 Å². The Kier molecular flexibility index (Phi) is 5.44. The van der Waals surface area contributed by atoms with Gasteiger partial charge in [0.2, 0.25) is 0 Å².